The molecule has 0 aromatic heterocycles. The van der Waals surface area contributed by atoms with Crippen LogP contribution in [0.2, 0.25) is 0 Å². The lowest BCUT2D eigenvalue weighted by Crippen LogP contribution is -2.26. The van der Waals surface area contributed by atoms with Crippen LogP contribution in [0.25, 0.3) is 0 Å². The summed E-state index contributed by atoms with van der Waals surface area (Å²) in [5.74, 6) is 1.73. The first-order valence-electron chi connectivity index (χ1n) is 7.10. The Hall–Kier alpha value is -0.0400. The Morgan fingerprint density at radius 3 is 2.25 bits per heavy atom. The van der Waals surface area contributed by atoms with Gasteiger partial charge in [0.15, 0.2) is 0 Å². The second kappa shape index (κ2) is 6.05. The van der Waals surface area contributed by atoms with E-state index in [-0.39, 0.29) is 0 Å². The minimum absolute atomic E-state index is 0.495. The van der Waals surface area contributed by atoms with E-state index < -0.39 is 0 Å². The van der Waals surface area contributed by atoms with Gasteiger partial charge in [0.1, 0.15) is 0 Å². The second-order valence-electron chi connectivity index (χ2n) is 7.28. The van der Waals surface area contributed by atoms with Crippen molar-refractivity contribution in [1.82, 2.24) is 5.32 Å². The lowest BCUT2D eigenvalue weighted by atomic mass is 9.84. The molecule has 1 rings (SSSR count). The predicted molar refractivity (Wildman–Crippen MR) is 72.7 cm³/mol. The molecular formula is C15H31N. The fraction of sp³-hybridized carbons (Fsp3) is 1.00. The van der Waals surface area contributed by atoms with Crippen molar-refractivity contribution >= 4 is 0 Å². The van der Waals surface area contributed by atoms with E-state index in [2.05, 4.69) is 39.9 Å². The van der Waals surface area contributed by atoms with Crippen LogP contribution in [-0.2, 0) is 0 Å². The van der Waals surface area contributed by atoms with E-state index in [1.165, 1.54) is 38.6 Å². The molecule has 1 N–H and O–H groups in total. The van der Waals surface area contributed by atoms with Gasteiger partial charge in [-0.25, -0.2) is 0 Å². The summed E-state index contributed by atoms with van der Waals surface area (Å²) in [5.41, 5.74) is 0.495. The number of nitrogens with one attached hydrogen (secondary N) is 1. The Morgan fingerprint density at radius 1 is 1.19 bits per heavy atom. The van der Waals surface area contributed by atoms with Crippen LogP contribution in [0, 0.1) is 17.3 Å². The van der Waals surface area contributed by atoms with E-state index in [9.17, 15) is 0 Å². The van der Waals surface area contributed by atoms with Crippen LogP contribution in [0.3, 0.4) is 0 Å². The lowest BCUT2D eigenvalue weighted by molar-refractivity contribution is 0.288. The molecule has 0 spiro atoms. The van der Waals surface area contributed by atoms with Crippen molar-refractivity contribution in [2.45, 2.75) is 72.8 Å². The molecule has 1 atom stereocenters. The molecule has 0 aliphatic heterocycles. The summed E-state index contributed by atoms with van der Waals surface area (Å²) in [6, 6.07) is 0.865. The van der Waals surface area contributed by atoms with Crippen molar-refractivity contribution < 1.29 is 0 Å². The SMILES string of the molecule is CC(C)CC(CCC(C)(C)C)CNC1CC1. The predicted octanol–water partition coefficient (Wildman–Crippen LogP) is 4.23. The third kappa shape index (κ3) is 7.27. The van der Waals surface area contributed by atoms with Gasteiger partial charge in [-0.05, 0) is 55.9 Å². The highest BCUT2D eigenvalue weighted by Gasteiger charge is 2.23. The molecule has 0 aromatic carbocycles. The van der Waals surface area contributed by atoms with Crippen molar-refractivity contribution in [1.29, 1.82) is 0 Å². The second-order valence-corrected chi connectivity index (χ2v) is 7.28. The van der Waals surface area contributed by atoms with Crippen molar-refractivity contribution in [3.63, 3.8) is 0 Å². The summed E-state index contributed by atoms with van der Waals surface area (Å²) in [7, 11) is 0. The number of hydrogen-bond acceptors (Lipinski definition) is 1. The summed E-state index contributed by atoms with van der Waals surface area (Å²) < 4.78 is 0. The Morgan fingerprint density at radius 2 is 1.81 bits per heavy atom. The molecule has 0 saturated heterocycles. The Labute approximate surface area is 102 Å². The van der Waals surface area contributed by atoms with Gasteiger partial charge >= 0.3 is 0 Å². The molecule has 0 aromatic rings. The maximum absolute atomic E-state index is 3.70. The zero-order valence-electron chi connectivity index (χ0n) is 12.0. The number of rotatable bonds is 7. The zero-order chi connectivity index (χ0) is 12.2. The fourth-order valence-corrected chi connectivity index (χ4v) is 2.23. The molecule has 1 nitrogen and oxygen atoms in total. The van der Waals surface area contributed by atoms with Crippen LogP contribution in [-0.4, -0.2) is 12.6 Å². The highest BCUT2D eigenvalue weighted by Crippen LogP contribution is 2.27. The maximum Gasteiger partial charge on any atom is 0.00683 e. The van der Waals surface area contributed by atoms with Gasteiger partial charge in [0, 0.05) is 6.04 Å². The summed E-state index contributed by atoms with van der Waals surface area (Å²) in [5, 5.41) is 3.70. The average Bonchev–Trinajstić information content (AvgIpc) is 2.91. The van der Waals surface area contributed by atoms with E-state index in [0.717, 1.165) is 17.9 Å². The first kappa shape index (κ1) is 14.0. The molecule has 1 unspecified atom stereocenters. The molecule has 1 fully saturated rings. The van der Waals surface area contributed by atoms with Crippen LogP contribution >= 0.6 is 0 Å². The molecule has 0 amide bonds. The van der Waals surface area contributed by atoms with Gasteiger partial charge < -0.3 is 5.32 Å². The summed E-state index contributed by atoms with van der Waals surface area (Å²) in [6.45, 7) is 13.0. The van der Waals surface area contributed by atoms with Crippen LogP contribution in [0.4, 0.5) is 0 Å². The molecule has 1 heteroatoms. The van der Waals surface area contributed by atoms with E-state index in [1.54, 1.807) is 0 Å². The third-order valence-electron chi connectivity index (χ3n) is 3.38. The normalized spacial score (nSPS) is 19.1. The van der Waals surface area contributed by atoms with Crippen LogP contribution in [0.1, 0.15) is 66.7 Å². The summed E-state index contributed by atoms with van der Waals surface area (Å²) in [6.07, 6.45) is 6.95. The fourth-order valence-electron chi connectivity index (χ4n) is 2.23. The smallest absolute Gasteiger partial charge is 0.00683 e. The van der Waals surface area contributed by atoms with E-state index in [4.69, 9.17) is 0 Å². The summed E-state index contributed by atoms with van der Waals surface area (Å²) in [4.78, 5) is 0. The molecule has 0 heterocycles. The van der Waals surface area contributed by atoms with Gasteiger partial charge in [0.05, 0.1) is 0 Å². The third-order valence-corrected chi connectivity index (χ3v) is 3.38. The minimum Gasteiger partial charge on any atom is -0.314 e. The van der Waals surface area contributed by atoms with Gasteiger partial charge in [-0.2, -0.15) is 0 Å². The van der Waals surface area contributed by atoms with Crippen molar-refractivity contribution in [3.05, 3.63) is 0 Å². The molecule has 1 aliphatic rings. The standard InChI is InChI=1S/C15H31N/c1-12(2)10-13(8-9-15(3,4)5)11-16-14-6-7-14/h12-14,16H,6-11H2,1-5H3. The number of hydrogen-bond donors (Lipinski definition) is 1. The quantitative estimate of drug-likeness (QED) is 0.684. The van der Waals surface area contributed by atoms with Gasteiger partial charge in [-0.15, -0.1) is 0 Å². The highest BCUT2D eigenvalue weighted by molar-refractivity contribution is 4.82. The molecule has 1 aliphatic carbocycles. The lowest BCUT2D eigenvalue weighted by Gasteiger charge is -2.24. The van der Waals surface area contributed by atoms with Crippen LogP contribution in [0.15, 0.2) is 0 Å². The maximum atomic E-state index is 3.70. The molecule has 0 radical (unpaired) electrons. The van der Waals surface area contributed by atoms with E-state index >= 15 is 0 Å². The van der Waals surface area contributed by atoms with Gasteiger partial charge in [-0.3, -0.25) is 0 Å². The van der Waals surface area contributed by atoms with Gasteiger partial charge in [0.2, 0.25) is 0 Å². The Kier molecular flexibility index (Phi) is 5.30. The topological polar surface area (TPSA) is 12.0 Å². The first-order valence-corrected chi connectivity index (χ1v) is 7.10. The average molecular weight is 225 g/mol. The van der Waals surface area contributed by atoms with E-state index in [0.29, 0.717) is 5.41 Å². The van der Waals surface area contributed by atoms with Crippen molar-refractivity contribution in [2.24, 2.45) is 17.3 Å². The van der Waals surface area contributed by atoms with Crippen molar-refractivity contribution in [3.8, 4) is 0 Å². The Bertz CT molecular complexity index is 186. The zero-order valence-corrected chi connectivity index (χ0v) is 12.0. The first-order chi connectivity index (χ1) is 7.37. The van der Waals surface area contributed by atoms with Crippen LogP contribution in [0.5, 0.6) is 0 Å². The Balaban J connectivity index is 2.24. The molecular weight excluding hydrogens is 194 g/mol. The van der Waals surface area contributed by atoms with E-state index in [1.807, 2.05) is 0 Å². The van der Waals surface area contributed by atoms with Crippen LogP contribution < -0.4 is 5.32 Å². The minimum atomic E-state index is 0.495. The largest absolute Gasteiger partial charge is 0.314 e. The molecule has 96 valence electrons. The molecule has 0 bridgehead atoms. The van der Waals surface area contributed by atoms with Gasteiger partial charge in [0.25, 0.3) is 0 Å². The van der Waals surface area contributed by atoms with Crippen molar-refractivity contribution in [2.75, 3.05) is 6.54 Å². The monoisotopic (exact) mass is 225 g/mol. The van der Waals surface area contributed by atoms with Gasteiger partial charge in [-0.1, -0.05) is 34.6 Å². The molecule has 1 saturated carbocycles. The summed E-state index contributed by atoms with van der Waals surface area (Å²) >= 11 is 0. The molecule has 16 heavy (non-hydrogen) atoms. The highest BCUT2D eigenvalue weighted by atomic mass is 14.9.